The Morgan fingerprint density at radius 2 is 1.65 bits per heavy atom. The quantitative estimate of drug-likeness (QED) is 0.231. The van der Waals surface area contributed by atoms with Crippen LogP contribution in [0.25, 0.3) is 0 Å². The molecule has 6 nitrogen and oxygen atoms in total. The first-order chi connectivity index (χ1) is 14.9. The van der Waals surface area contributed by atoms with E-state index in [1.165, 1.54) is 6.21 Å². The van der Waals surface area contributed by atoms with Crippen molar-refractivity contribution in [1.82, 2.24) is 5.43 Å². The summed E-state index contributed by atoms with van der Waals surface area (Å²) in [4.78, 5) is 24.4. The maximum atomic E-state index is 12.2. The molecule has 31 heavy (non-hydrogen) atoms. The maximum absolute atomic E-state index is 12.2. The average molecular weight is 457 g/mol. The highest BCUT2D eigenvalue weighted by Crippen LogP contribution is 2.18. The molecule has 0 radical (unpaired) electrons. The third-order valence-corrected chi connectivity index (χ3v) is 4.50. The van der Waals surface area contributed by atoms with Crippen LogP contribution >= 0.6 is 23.2 Å². The molecule has 0 aromatic heterocycles. The van der Waals surface area contributed by atoms with Crippen molar-refractivity contribution in [3.8, 4) is 11.5 Å². The molecule has 3 aromatic rings. The van der Waals surface area contributed by atoms with E-state index >= 15 is 0 Å². The van der Waals surface area contributed by atoms with Crippen LogP contribution < -0.4 is 14.9 Å². The zero-order chi connectivity index (χ0) is 22.2. The monoisotopic (exact) mass is 456 g/mol. The van der Waals surface area contributed by atoms with Gasteiger partial charge in [-0.25, -0.2) is 10.2 Å². The first-order valence-corrected chi connectivity index (χ1v) is 9.99. The van der Waals surface area contributed by atoms with Gasteiger partial charge in [0, 0.05) is 10.0 Å². The van der Waals surface area contributed by atoms with Crippen LogP contribution in [0.5, 0.6) is 11.5 Å². The summed E-state index contributed by atoms with van der Waals surface area (Å²) in [6.45, 7) is 1.60. The van der Waals surface area contributed by atoms with Crippen molar-refractivity contribution >= 4 is 41.3 Å². The van der Waals surface area contributed by atoms with Crippen LogP contribution in [0.1, 0.15) is 22.8 Å². The molecule has 0 saturated carbocycles. The molecule has 1 atom stereocenters. The molecule has 0 heterocycles. The molecule has 1 N–H and O–H groups in total. The molecule has 0 aliphatic heterocycles. The van der Waals surface area contributed by atoms with Crippen LogP contribution in [-0.2, 0) is 4.79 Å². The second-order valence-corrected chi connectivity index (χ2v) is 7.29. The first-order valence-electron chi connectivity index (χ1n) is 9.23. The molecule has 0 unspecified atom stereocenters. The van der Waals surface area contributed by atoms with E-state index in [4.69, 9.17) is 32.7 Å². The number of ether oxygens (including phenoxy) is 2. The molecule has 0 fully saturated rings. The highest BCUT2D eigenvalue weighted by Gasteiger charge is 2.14. The van der Waals surface area contributed by atoms with Crippen molar-refractivity contribution in [3.05, 3.63) is 94.0 Å². The number of carbonyl (C=O) groups is 2. The standard InChI is InChI=1S/C23H18Cl2N2O4/c1-15(30-21-7-3-5-19(25)13-21)22(28)27-26-14-16-4-2-6-20(12-16)31-23(29)17-8-10-18(24)11-9-17/h2-15H,1H3,(H,27,28)/b26-14-/t15-/m0/s1. The van der Waals surface area contributed by atoms with Gasteiger partial charge >= 0.3 is 5.97 Å². The molecule has 8 heteroatoms. The maximum Gasteiger partial charge on any atom is 0.343 e. The van der Waals surface area contributed by atoms with E-state index in [-0.39, 0.29) is 0 Å². The van der Waals surface area contributed by atoms with E-state index in [1.54, 1.807) is 79.7 Å². The summed E-state index contributed by atoms with van der Waals surface area (Å²) in [5.74, 6) is -0.116. The van der Waals surface area contributed by atoms with Crippen LogP contribution in [0.15, 0.2) is 77.9 Å². The molecule has 3 rings (SSSR count). The van der Waals surface area contributed by atoms with E-state index in [1.807, 2.05) is 0 Å². The molecular formula is C23H18Cl2N2O4. The summed E-state index contributed by atoms with van der Waals surface area (Å²) < 4.78 is 10.9. The van der Waals surface area contributed by atoms with Gasteiger partial charge in [0.15, 0.2) is 6.10 Å². The first kappa shape index (κ1) is 22.3. The summed E-state index contributed by atoms with van der Waals surface area (Å²) in [5.41, 5.74) is 3.42. The van der Waals surface area contributed by atoms with E-state index in [2.05, 4.69) is 10.5 Å². The second kappa shape index (κ2) is 10.6. The van der Waals surface area contributed by atoms with E-state index in [0.29, 0.717) is 32.7 Å². The van der Waals surface area contributed by atoms with Gasteiger partial charge in [-0.15, -0.1) is 0 Å². The number of halogens is 2. The minimum absolute atomic E-state index is 0.341. The van der Waals surface area contributed by atoms with Crippen molar-refractivity contribution in [2.75, 3.05) is 0 Å². The van der Waals surface area contributed by atoms with Gasteiger partial charge in [0.05, 0.1) is 11.8 Å². The lowest BCUT2D eigenvalue weighted by Crippen LogP contribution is -2.33. The van der Waals surface area contributed by atoms with Crippen molar-refractivity contribution in [2.45, 2.75) is 13.0 Å². The average Bonchev–Trinajstić information content (AvgIpc) is 2.74. The number of amides is 1. The smallest absolute Gasteiger partial charge is 0.343 e. The molecule has 0 aliphatic carbocycles. The fourth-order valence-electron chi connectivity index (χ4n) is 2.47. The molecule has 0 bridgehead atoms. The minimum atomic E-state index is -0.776. The number of benzene rings is 3. The van der Waals surface area contributed by atoms with Crippen LogP contribution in [0, 0.1) is 0 Å². The van der Waals surface area contributed by atoms with Gasteiger partial charge < -0.3 is 9.47 Å². The molecule has 0 saturated heterocycles. The summed E-state index contributed by atoms with van der Waals surface area (Å²) in [6, 6.07) is 19.9. The molecule has 158 valence electrons. The SMILES string of the molecule is C[C@H](Oc1cccc(Cl)c1)C(=O)N/N=C\c1cccc(OC(=O)c2ccc(Cl)cc2)c1. The van der Waals surface area contributed by atoms with E-state index < -0.39 is 18.0 Å². The van der Waals surface area contributed by atoms with Gasteiger partial charge in [-0.1, -0.05) is 41.4 Å². The Bertz CT molecular complexity index is 1100. The number of hydrogen-bond acceptors (Lipinski definition) is 5. The van der Waals surface area contributed by atoms with Gasteiger partial charge in [-0.3, -0.25) is 4.79 Å². The number of nitrogens with zero attached hydrogens (tertiary/aromatic N) is 1. The number of rotatable bonds is 7. The van der Waals surface area contributed by atoms with Gasteiger partial charge in [0.25, 0.3) is 5.91 Å². The van der Waals surface area contributed by atoms with Crippen LogP contribution in [0.4, 0.5) is 0 Å². The summed E-state index contributed by atoms with van der Waals surface area (Å²) in [5, 5.41) is 4.97. The normalized spacial score (nSPS) is 11.7. The number of carbonyl (C=O) groups excluding carboxylic acids is 2. The molecule has 0 spiro atoms. The number of hydrazone groups is 1. The van der Waals surface area contributed by atoms with Crippen LogP contribution in [0.2, 0.25) is 10.0 Å². The molecule has 0 aliphatic rings. The van der Waals surface area contributed by atoms with Crippen molar-refractivity contribution in [3.63, 3.8) is 0 Å². The Morgan fingerprint density at radius 1 is 0.935 bits per heavy atom. The Hall–Kier alpha value is -3.35. The summed E-state index contributed by atoms with van der Waals surface area (Å²) >= 11 is 11.7. The highest BCUT2D eigenvalue weighted by atomic mass is 35.5. The lowest BCUT2D eigenvalue weighted by molar-refractivity contribution is -0.127. The summed E-state index contributed by atoms with van der Waals surface area (Å²) in [6.07, 6.45) is 0.658. The molecular weight excluding hydrogens is 439 g/mol. The lowest BCUT2D eigenvalue weighted by atomic mass is 10.2. The van der Waals surface area contributed by atoms with Crippen molar-refractivity contribution in [2.24, 2.45) is 5.10 Å². The van der Waals surface area contributed by atoms with E-state index in [0.717, 1.165) is 0 Å². The Labute approximate surface area is 189 Å². The van der Waals surface area contributed by atoms with Crippen molar-refractivity contribution < 1.29 is 19.1 Å². The van der Waals surface area contributed by atoms with Gasteiger partial charge in [0.1, 0.15) is 11.5 Å². The lowest BCUT2D eigenvalue weighted by Gasteiger charge is -2.12. The fourth-order valence-corrected chi connectivity index (χ4v) is 2.78. The van der Waals surface area contributed by atoms with Crippen LogP contribution in [0.3, 0.4) is 0 Å². The van der Waals surface area contributed by atoms with Crippen LogP contribution in [-0.4, -0.2) is 24.2 Å². The predicted molar refractivity (Wildman–Crippen MR) is 120 cm³/mol. The Kier molecular flexibility index (Phi) is 7.65. The number of esters is 1. The van der Waals surface area contributed by atoms with Crippen molar-refractivity contribution in [1.29, 1.82) is 0 Å². The number of hydrogen-bond donors (Lipinski definition) is 1. The highest BCUT2D eigenvalue weighted by molar-refractivity contribution is 6.31. The van der Waals surface area contributed by atoms with E-state index in [9.17, 15) is 9.59 Å². The van der Waals surface area contributed by atoms with Gasteiger partial charge in [0.2, 0.25) is 0 Å². The minimum Gasteiger partial charge on any atom is -0.481 e. The Morgan fingerprint density at radius 3 is 2.39 bits per heavy atom. The fraction of sp³-hybridized carbons (Fsp3) is 0.0870. The molecule has 3 aromatic carbocycles. The largest absolute Gasteiger partial charge is 0.481 e. The van der Waals surface area contributed by atoms with Gasteiger partial charge in [-0.05, 0) is 67.1 Å². The number of nitrogens with one attached hydrogen (secondary N) is 1. The third-order valence-electron chi connectivity index (χ3n) is 4.02. The zero-order valence-corrected chi connectivity index (χ0v) is 17.9. The predicted octanol–water partition coefficient (Wildman–Crippen LogP) is 5.13. The second-order valence-electron chi connectivity index (χ2n) is 6.42. The zero-order valence-electron chi connectivity index (χ0n) is 16.4. The Balaban J connectivity index is 1.55. The molecule has 1 amide bonds. The van der Waals surface area contributed by atoms with Gasteiger partial charge in [-0.2, -0.15) is 5.10 Å². The summed E-state index contributed by atoms with van der Waals surface area (Å²) in [7, 11) is 0. The topological polar surface area (TPSA) is 77.0 Å². The third kappa shape index (κ3) is 6.84.